The highest BCUT2D eigenvalue weighted by atomic mass is 16.2. The fourth-order valence-electron chi connectivity index (χ4n) is 2.52. The van der Waals surface area contributed by atoms with Crippen LogP contribution in [0, 0.1) is 17.2 Å². The molecule has 2 atom stereocenters. The maximum absolute atomic E-state index is 12.7. The van der Waals surface area contributed by atoms with Gasteiger partial charge in [0.1, 0.15) is 12.1 Å². The molecule has 1 aliphatic heterocycles. The lowest BCUT2D eigenvalue weighted by Gasteiger charge is -2.23. The summed E-state index contributed by atoms with van der Waals surface area (Å²) < 4.78 is 0. The lowest BCUT2D eigenvalue weighted by atomic mass is 9.91. The van der Waals surface area contributed by atoms with Crippen molar-refractivity contribution in [3.63, 3.8) is 0 Å². The number of carbonyl (C=O) groups is 3. The summed E-state index contributed by atoms with van der Waals surface area (Å²) in [6, 6.07) is 7.76. The van der Waals surface area contributed by atoms with E-state index in [1.807, 2.05) is 26.8 Å². The van der Waals surface area contributed by atoms with E-state index in [1.54, 1.807) is 31.2 Å². The van der Waals surface area contributed by atoms with Gasteiger partial charge in [0.2, 0.25) is 5.91 Å². The molecular formula is C18H22N4O3. The monoisotopic (exact) mass is 342 g/mol. The first-order valence-corrected chi connectivity index (χ1v) is 8.13. The number of amides is 4. The Kier molecular flexibility index (Phi) is 5.12. The van der Waals surface area contributed by atoms with Crippen LogP contribution in [0.5, 0.6) is 0 Å². The zero-order chi connectivity index (χ0) is 18.8. The molecule has 1 saturated heterocycles. The molecule has 7 heteroatoms. The van der Waals surface area contributed by atoms with Gasteiger partial charge < -0.3 is 10.6 Å². The van der Waals surface area contributed by atoms with Gasteiger partial charge >= 0.3 is 6.03 Å². The standard InChI is InChI=1S/C18H22N4O3/c1-11(2)12(3)20-15(23)10-22-16(24)18(4,21-17(22)25)14-7-5-13(9-19)6-8-14/h5-8,11-12H,10H2,1-4H3,(H,20,23)(H,21,25). The molecule has 0 radical (unpaired) electrons. The highest BCUT2D eigenvalue weighted by Crippen LogP contribution is 2.28. The van der Waals surface area contributed by atoms with Crippen molar-refractivity contribution in [2.75, 3.05) is 6.54 Å². The highest BCUT2D eigenvalue weighted by molar-refractivity contribution is 6.09. The van der Waals surface area contributed by atoms with Gasteiger partial charge in [-0.3, -0.25) is 14.5 Å². The lowest BCUT2D eigenvalue weighted by molar-refractivity contribution is -0.135. The minimum absolute atomic E-state index is 0.0572. The summed E-state index contributed by atoms with van der Waals surface area (Å²) in [6.45, 7) is 7.08. The first-order valence-electron chi connectivity index (χ1n) is 8.13. The number of benzene rings is 1. The number of urea groups is 1. The van der Waals surface area contributed by atoms with Crippen molar-refractivity contribution in [3.8, 4) is 6.07 Å². The summed E-state index contributed by atoms with van der Waals surface area (Å²) in [5.41, 5.74) is -0.235. The number of imide groups is 1. The number of nitriles is 1. The van der Waals surface area contributed by atoms with Crippen LogP contribution < -0.4 is 10.6 Å². The second kappa shape index (κ2) is 6.93. The van der Waals surface area contributed by atoms with Gasteiger partial charge in [-0.05, 0) is 37.5 Å². The van der Waals surface area contributed by atoms with Crippen molar-refractivity contribution in [1.82, 2.24) is 15.5 Å². The molecule has 0 aromatic heterocycles. The zero-order valence-electron chi connectivity index (χ0n) is 14.8. The Morgan fingerprint density at radius 1 is 1.28 bits per heavy atom. The van der Waals surface area contributed by atoms with Crippen LogP contribution in [0.4, 0.5) is 4.79 Å². The van der Waals surface area contributed by atoms with E-state index < -0.39 is 17.5 Å². The van der Waals surface area contributed by atoms with Gasteiger partial charge in [-0.1, -0.05) is 26.0 Å². The largest absolute Gasteiger partial charge is 0.352 e. The van der Waals surface area contributed by atoms with Crippen molar-refractivity contribution in [1.29, 1.82) is 5.26 Å². The van der Waals surface area contributed by atoms with Crippen LogP contribution in [0.25, 0.3) is 0 Å². The van der Waals surface area contributed by atoms with Gasteiger partial charge in [-0.2, -0.15) is 5.26 Å². The predicted molar refractivity (Wildman–Crippen MR) is 91.2 cm³/mol. The topological polar surface area (TPSA) is 102 Å². The smallest absolute Gasteiger partial charge is 0.325 e. The van der Waals surface area contributed by atoms with Crippen molar-refractivity contribution >= 4 is 17.8 Å². The second-order valence-corrected chi connectivity index (χ2v) is 6.74. The van der Waals surface area contributed by atoms with Gasteiger partial charge in [0.15, 0.2) is 0 Å². The zero-order valence-corrected chi connectivity index (χ0v) is 14.8. The van der Waals surface area contributed by atoms with E-state index in [2.05, 4.69) is 10.6 Å². The van der Waals surface area contributed by atoms with Crippen LogP contribution in [0.1, 0.15) is 38.8 Å². The van der Waals surface area contributed by atoms with Gasteiger partial charge in [-0.15, -0.1) is 0 Å². The highest BCUT2D eigenvalue weighted by Gasteiger charge is 2.49. The normalized spacial score (nSPS) is 21.0. The molecule has 1 aromatic rings. The van der Waals surface area contributed by atoms with Crippen molar-refractivity contribution in [3.05, 3.63) is 35.4 Å². The van der Waals surface area contributed by atoms with Crippen LogP contribution >= 0.6 is 0 Å². The molecule has 4 amide bonds. The third-order valence-corrected chi connectivity index (χ3v) is 4.56. The fourth-order valence-corrected chi connectivity index (χ4v) is 2.52. The van der Waals surface area contributed by atoms with E-state index in [1.165, 1.54) is 0 Å². The van der Waals surface area contributed by atoms with Crippen molar-refractivity contribution < 1.29 is 14.4 Å². The van der Waals surface area contributed by atoms with Gasteiger partial charge in [0, 0.05) is 6.04 Å². The molecule has 0 bridgehead atoms. The molecule has 1 aliphatic rings. The van der Waals surface area contributed by atoms with Crippen molar-refractivity contribution in [2.24, 2.45) is 5.92 Å². The third kappa shape index (κ3) is 3.63. The number of nitrogens with one attached hydrogen (secondary N) is 2. The van der Waals surface area contributed by atoms with E-state index in [0.29, 0.717) is 11.1 Å². The Labute approximate surface area is 147 Å². The third-order valence-electron chi connectivity index (χ3n) is 4.56. The molecule has 25 heavy (non-hydrogen) atoms. The molecule has 2 unspecified atom stereocenters. The number of rotatable bonds is 5. The first-order chi connectivity index (χ1) is 11.7. The van der Waals surface area contributed by atoms with Crippen LogP contribution in [-0.4, -0.2) is 35.3 Å². The molecule has 1 fully saturated rings. The number of carbonyl (C=O) groups excluding carboxylic acids is 3. The second-order valence-electron chi connectivity index (χ2n) is 6.74. The summed E-state index contributed by atoms with van der Waals surface area (Å²) in [5, 5.41) is 14.3. The average Bonchev–Trinajstić information content (AvgIpc) is 2.79. The van der Waals surface area contributed by atoms with Gasteiger partial charge in [0.05, 0.1) is 11.6 Å². The molecule has 1 heterocycles. The Bertz CT molecular complexity index is 736. The Morgan fingerprint density at radius 2 is 1.88 bits per heavy atom. The van der Waals surface area contributed by atoms with Crippen LogP contribution in [-0.2, 0) is 15.1 Å². The van der Waals surface area contributed by atoms with E-state index in [9.17, 15) is 14.4 Å². The molecular weight excluding hydrogens is 320 g/mol. The lowest BCUT2D eigenvalue weighted by Crippen LogP contribution is -2.46. The van der Waals surface area contributed by atoms with Crippen molar-refractivity contribution in [2.45, 2.75) is 39.3 Å². The van der Waals surface area contributed by atoms with E-state index in [-0.39, 0.29) is 24.4 Å². The summed E-state index contributed by atoms with van der Waals surface area (Å²) >= 11 is 0. The van der Waals surface area contributed by atoms with E-state index in [0.717, 1.165) is 4.90 Å². The molecule has 0 saturated carbocycles. The number of hydrogen-bond donors (Lipinski definition) is 2. The Morgan fingerprint density at radius 3 is 2.40 bits per heavy atom. The minimum Gasteiger partial charge on any atom is -0.352 e. The van der Waals surface area contributed by atoms with Crippen LogP contribution in [0.2, 0.25) is 0 Å². The summed E-state index contributed by atoms with van der Waals surface area (Å²) in [5.74, 6) is -0.626. The SMILES string of the molecule is CC(C)C(C)NC(=O)CN1C(=O)NC(C)(c2ccc(C#N)cc2)C1=O. The molecule has 2 N–H and O–H groups in total. The molecule has 132 valence electrons. The quantitative estimate of drug-likeness (QED) is 0.791. The summed E-state index contributed by atoms with van der Waals surface area (Å²) in [7, 11) is 0. The fraction of sp³-hybridized carbons (Fsp3) is 0.444. The van der Waals surface area contributed by atoms with Gasteiger partial charge in [-0.25, -0.2) is 4.79 Å². The molecule has 2 rings (SSSR count). The van der Waals surface area contributed by atoms with Crippen LogP contribution in [0.3, 0.4) is 0 Å². The Hall–Kier alpha value is -2.88. The predicted octanol–water partition coefficient (Wildman–Crippen LogP) is 1.49. The first kappa shape index (κ1) is 18.5. The molecule has 0 spiro atoms. The Balaban J connectivity index is 2.15. The maximum atomic E-state index is 12.7. The molecule has 1 aromatic carbocycles. The minimum atomic E-state index is -1.25. The summed E-state index contributed by atoms with van der Waals surface area (Å²) in [6.07, 6.45) is 0. The van der Waals surface area contributed by atoms with Gasteiger partial charge in [0.25, 0.3) is 5.91 Å². The maximum Gasteiger partial charge on any atom is 0.325 e. The van der Waals surface area contributed by atoms with E-state index in [4.69, 9.17) is 5.26 Å². The molecule has 7 nitrogen and oxygen atoms in total. The van der Waals surface area contributed by atoms with E-state index >= 15 is 0 Å². The average molecular weight is 342 g/mol. The van der Waals surface area contributed by atoms with Crippen LogP contribution in [0.15, 0.2) is 24.3 Å². The summed E-state index contributed by atoms with van der Waals surface area (Å²) in [4.78, 5) is 38.0. The number of nitrogens with zero attached hydrogens (tertiary/aromatic N) is 2. The number of hydrogen-bond acceptors (Lipinski definition) is 4. The molecule has 0 aliphatic carbocycles.